The molecule has 0 aromatic heterocycles. The van der Waals surface area contributed by atoms with E-state index in [0.29, 0.717) is 30.1 Å². The van der Waals surface area contributed by atoms with Crippen LogP contribution in [0.15, 0.2) is 42.5 Å². The van der Waals surface area contributed by atoms with Crippen LogP contribution in [0.3, 0.4) is 0 Å². The van der Waals surface area contributed by atoms with Gasteiger partial charge in [0.25, 0.3) is 0 Å². The van der Waals surface area contributed by atoms with Crippen molar-refractivity contribution in [1.29, 1.82) is 0 Å². The molecule has 0 amide bonds. The van der Waals surface area contributed by atoms with Gasteiger partial charge < -0.3 is 9.84 Å². The van der Waals surface area contributed by atoms with E-state index < -0.39 is 0 Å². The number of rotatable bonds is 0. The van der Waals surface area contributed by atoms with Crippen molar-refractivity contribution in [2.24, 2.45) is 0 Å². The number of aromatic hydroxyl groups is 1. The average Bonchev–Trinajstić information content (AvgIpc) is 2.54. The Hall–Kier alpha value is -2.29. The number of ether oxygens (including phenoxy) is 1. The Bertz CT molecular complexity index is 659. The van der Waals surface area contributed by atoms with Gasteiger partial charge in [-0.2, -0.15) is 0 Å². The quantitative estimate of drug-likeness (QED) is 0.783. The van der Waals surface area contributed by atoms with Crippen molar-refractivity contribution in [3.63, 3.8) is 0 Å². The average molecular weight is 296 g/mol. The van der Waals surface area contributed by atoms with Gasteiger partial charge in [0.05, 0.1) is 0 Å². The first-order chi connectivity index (χ1) is 10.7. The molecule has 4 bridgehead atoms. The third-order valence-electron chi connectivity index (χ3n) is 4.04. The number of ketones is 1. The Morgan fingerprint density at radius 3 is 2.36 bits per heavy atom. The molecule has 1 N–H and O–H groups in total. The lowest BCUT2D eigenvalue weighted by Crippen LogP contribution is -2.00. The van der Waals surface area contributed by atoms with Gasteiger partial charge in [0.1, 0.15) is 11.5 Å². The number of hydrogen-bond donors (Lipinski definition) is 1. The third kappa shape index (κ3) is 3.67. The highest BCUT2D eigenvalue weighted by Gasteiger charge is 2.08. The second-order valence-electron chi connectivity index (χ2n) is 5.79. The second kappa shape index (κ2) is 6.65. The molecule has 114 valence electrons. The van der Waals surface area contributed by atoms with Crippen LogP contribution in [-0.4, -0.2) is 10.9 Å². The maximum absolute atomic E-state index is 11.9. The van der Waals surface area contributed by atoms with Crippen LogP contribution in [0, 0.1) is 0 Å². The summed E-state index contributed by atoms with van der Waals surface area (Å²) in [5.74, 6) is 1.66. The highest BCUT2D eigenvalue weighted by molar-refractivity contribution is 5.78. The summed E-state index contributed by atoms with van der Waals surface area (Å²) in [6.45, 7) is 0. The van der Waals surface area contributed by atoms with E-state index in [1.807, 2.05) is 36.4 Å². The topological polar surface area (TPSA) is 46.5 Å². The summed E-state index contributed by atoms with van der Waals surface area (Å²) >= 11 is 0. The van der Waals surface area contributed by atoms with Crippen molar-refractivity contribution in [2.75, 3.05) is 0 Å². The van der Waals surface area contributed by atoms with Gasteiger partial charge in [-0.15, -0.1) is 0 Å². The van der Waals surface area contributed by atoms with Gasteiger partial charge in [-0.05, 0) is 61.1 Å². The SMILES string of the molecule is O=C1CCCCc2ccc(O)c(c2)Oc2ccc(cc2)CC1. The predicted octanol–water partition coefficient (Wildman–Crippen LogP) is 4.41. The van der Waals surface area contributed by atoms with Gasteiger partial charge in [-0.3, -0.25) is 4.79 Å². The molecule has 2 aliphatic heterocycles. The fraction of sp³-hybridized carbons (Fsp3) is 0.316. The lowest BCUT2D eigenvalue weighted by molar-refractivity contribution is -0.119. The van der Waals surface area contributed by atoms with Crippen LogP contribution in [0.2, 0.25) is 0 Å². The maximum atomic E-state index is 11.9. The molecule has 0 spiro atoms. The Labute approximate surface area is 130 Å². The fourth-order valence-corrected chi connectivity index (χ4v) is 2.71. The molecule has 0 radical (unpaired) electrons. The van der Waals surface area contributed by atoms with Crippen molar-refractivity contribution in [1.82, 2.24) is 0 Å². The van der Waals surface area contributed by atoms with Crippen molar-refractivity contribution in [2.45, 2.75) is 38.5 Å². The van der Waals surface area contributed by atoms with E-state index in [-0.39, 0.29) is 5.75 Å². The molecule has 22 heavy (non-hydrogen) atoms. The van der Waals surface area contributed by atoms with Crippen LogP contribution in [0.25, 0.3) is 0 Å². The molecule has 0 aliphatic carbocycles. The van der Waals surface area contributed by atoms with Crippen LogP contribution in [0.4, 0.5) is 0 Å². The van der Waals surface area contributed by atoms with Gasteiger partial charge >= 0.3 is 0 Å². The van der Waals surface area contributed by atoms with Crippen LogP contribution < -0.4 is 4.74 Å². The zero-order chi connectivity index (χ0) is 15.4. The van der Waals surface area contributed by atoms with Gasteiger partial charge in [-0.1, -0.05) is 18.2 Å². The monoisotopic (exact) mass is 296 g/mol. The number of benzene rings is 2. The highest BCUT2D eigenvalue weighted by Crippen LogP contribution is 2.32. The molecule has 2 aliphatic rings. The van der Waals surface area contributed by atoms with Crippen molar-refractivity contribution >= 4 is 5.78 Å². The summed E-state index contributed by atoms with van der Waals surface area (Å²) in [5, 5.41) is 9.94. The molecular formula is C19H20O3. The van der Waals surface area contributed by atoms with Gasteiger partial charge in [0.15, 0.2) is 11.5 Å². The van der Waals surface area contributed by atoms with E-state index in [0.717, 1.165) is 36.8 Å². The Balaban J connectivity index is 1.89. The number of aryl methyl sites for hydroxylation is 2. The number of fused-ring (bicyclic) bond motifs is 8. The van der Waals surface area contributed by atoms with Crippen molar-refractivity contribution < 1.29 is 14.6 Å². The fourth-order valence-electron chi connectivity index (χ4n) is 2.71. The maximum Gasteiger partial charge on any atom is 0.169 e. The van der Waals surface area contributed by atoms with Crippen molar-refractivity contribution in [3.05, 3.63) is 53.6 Å². The molecule has 4 rings (SSSR count). The Kier molecular flexibility index (Phi) is 4.42. The smallest absolute Gasteiger partial charge is 0.169 e. The molecule has 0 saturated heterocycles. The van der Waals surface area contributed by atoms with E-state index in [9.17, 15) is 9.90 Å². The molecular weight excluding hydrogens is 276 g/mol. The molecule has 2 aromatic carbocycles. The van der Waals surface area contributed by atoms with Crippen molar-refractivity contribution in [3.8, 4) is 17.2 Å². The van der Waals surface area contributed by atoms with E-state index in [1.54, 1.807) is 6.07 Å². The van der Waals surface area contributed by atoms with Crippen LogP contribution >= 0.6 is 0 Å². The second-order valence-corrected chi connectivity index (χ2v) is 5.79. The largest absolute Gasteiger partial charge is 0.504 e. The number of carbonyl (C=O) groups excluding carboxylic acids is 1. The number of Topliss-reactive ketones (excluding diaryl/α,β-unsaturated/α-hetero) is 1. The summed E-state index contributed by atoms with van der Waals surface area (Å²) in [6.07, 6.45) is 4.81. The number of hydrogen-bond acceptors (Lipinski definition) is 3. The molecule has 2 aromatic rings. The molecule has 2 heterocycles. The highest BCUT2D eigenvalue weighted by atomic mass is 16.5. The minimum atomic E-state index is 0.146. The van der Waals surface area contributed by atoms with Crippen LogP contribution in [0.5, 0.6) is 17.2 Å². The Morgan fingerprint density at radius 1 is 0.818 bits per heavy atom. The predicted molar refractivity (Wildman–Crippen MR) is 85.5 cm³/mol. The van der Waals surface area contributed by atoms with E-state index >= 15 is 0 Å². The summed E-state index contributed by atoms with van der Waals surface area (Å²) in [4.78, 5) is 11.9. The normalized spacial score (nSPS) is 15.7. The molecule has 0 saturated carbocycles. The summed E-state index contributed by atoms with van der Waals surface area (Å²) in [5.41, 5.74) is 2.25. The molecule has 0 fully saturated rings. The first kappa shape index (κ1) is 14.6. The van der Waals surface area contributed by atoms with Gasteiger partial charge in [0, 0.05) is 12.8 Å². The zero-order valence-corrected chi connectivity index (χ0v) is 12.5. The third-order valence-corrected chi connectivity index (χ3v) is 4.04. The standard InChI is InChI=1S/C19H20O3/c20-16-4-2-1-3-15-8-12-18(21)19(13-15)22-17-10-6-14(5-9-16)7-11-17/h6-8,10-13,21H,1-5,9H2. The van der Waals surface area contributed by atoms with E-state index in [2.05, 4.69) is 0 Å². The van der Waals surface area contributed by atoms with E-state index in [1.165, 1.54) is 0 Å². The Morgan fingerprint density at radius 2 is 1.55 bits per heavy atom. The lowest BCUT2D eigenvalue weighted by Gasteiger charge is -2.10. The summed E-state index contributed by atoms with van der Waals surface area (Å²) < 4.78 is 5.78. The molecule has 3 heteroatoms. The molecule has 3 nitrogen and oxygen atoms in total. The van der Waals surface area contributed by atoms with Gasteiger partial charge in [-0.25, -0.2) is 0 Å². The minimum absolute atomic E-state index is 0.146. The first-order valence-electron chi connectivity index (χ1n) is 7.81. The first-order valence-corrected chi connectivity index (χ1v) is 7.81. The number of phenolic OH excluding ortho intramolecular Hbond substituents is 1. The van der Waals surface area contributed by atoms with Gasteiger partial charge in [0.2, 0.25) is 0 Å². The molecule has 0 unspecified atom stereocenters. The zero-order valence-electron chi connectivity index (χ0n) is 12.5. The molecule has 0 atom stereocenters. The lowest BCUT2D eigenvalue weighted by atomic mass is 10.0. The van der Waals surface area contributed by atoms with Crippen LogP contribution in [-0.2, 0) is 17.6 Å². The summed E-state index contributed by atoms with van der Waals surface area (Å²) in [7, 11) is 0. The minimum Gasteiger partial charge on any atom is -0.504 e. The van der Waals surface area contributed by atoms with E-state index in [4.69, 9.17) is 4.74 Å². The number of carbonyl (C=O) groups is 1. The van der Waals surface area contributed by atoms with Crippen LogP contribution in [0.1, 0.15) is 36.8 Å². The summed E-state index contributed by atoms with van der Waals surface area (Å²) in [6, 6.07) is 13.2. The number of phenols is 1.